The van der Waals surface area contributed by atoms with Crippen molar-refractivity contribution >= 4 is 22.9 Å². The third-order valence-corrected chi connectivity index (χ3v) is 3.74. The van der Waals surface area contributed by atoms with Gasteiger partial charge in [0, 0.05) is 11.6 Å². The third kappa shape index (κ3) is 2.94. The third-order valence-electron chi connectivity index (χ3n) is 3.74. The Balaban J connectivity index is 1.96. The number of hydrogen-bond donors (Lipinski definition) is 1. The van der Waals surface area contributed by atoms with Crippen LogP contribution in [0.2, 0.25) is 0 Å². The predicted octanol–water partition coefficient (Wildman–Crippen LogP) is 2.53. The maximum atomic E-state index is 12.5. The molecule has 1 aromatic carbocycles. The molecule has 2 heterocycles. The number of H-pyrrole nitrogens is 1. The van der Waals surface area contributed by atoms with E-state index >= 15 is 0 Å². The monoisotopic (exact) mass is 321 g/mol. The Morgan fingerprint density at radius 2 is 2.00 bits per heavy atom. The lowest BCUT2D eigenvalue weighted by molar-refractivity contribution is 0.104. The van der Waals surface area contributed by atoms with Crippen LogP contribution in [-0.4, -0.2) is 27.8 Å². The van der Waals surface area contributed by atoms with Crippen molar-refractivity contribution in [1.29, 1.82) is 0 Å². The quantitative estimate of drug-likeness (QED) is 0.589. The van der Waals surface area contributed by atoms with E-state index in [2.05, 4.69) is 15.0 Å². The van der Waals surface area contributed by atoms with E-state index in [1.807, 2.05) is 12.1 Å². The highest BCUT2D eigenvalue weighted by Crippen LogP contribution is 2.16. The highest BCUT2D eigenvalue weighted by Gasteiger charge is 2.15. The zero-order valence-electron chi connectivity index (χ0n) is 13.2. The number of methoxy groups -OCH3 is 1. The van der Waals surface area contributed by atoms with Gasteiger partial charge in [0.1, 0.15) is 17.7 Å². The number of nitrogens with zero attached hydrogens (tertiary/aromatic N) is 2. The Hall–Kier alpha value is -3.28. The number of benzene rings is 1. The van der Waals surface area contributed by atoms with E-state index in [1.54, 1.807) is 38.4 Å². The summed E-state index contributed by atoms with van der Waals surface area (Å²) >= 11 is 0. The number of aryl methyl sites for hydroxylation is 1. The molecule has 0 aliphatic rings. The Bertz CT molecular complexity index is 989. The number of hydrogen-bond acceptors (Lipinski definition) is 5. The number of ether oxygens (including phenoxy) is 1. The van der Waals surface area contributed by atoms with Crippen LogP contribution >= 0.6 is 0 Å². The van der Waals surface area contributed by atoms with Crippen molar-refractivity contribution in [3.05, 3.63) is 69.9 Å². The SMILES string of the molecule is COc1ccc(/C=C/C(=O)c2c(C)c3cncnc3[nH]c2=O)cc1. The summed E-state index contributed by atoms with van der Waals surface area (Å²) in [6.07, 6.45) is 5.97. The number of ketones is 1. The summed E-state index contributed by atoms with van der Waals surface area (Å²) in [5, 5.41) is 0.651. The second-order valence-electron chi connectivity index (χ2n) is 5.21. The van der Waals surface area contributed by atoms with Crippen LogP contribution in [0.1, 0.15) is 21.5 Å². The minimum absolute atomic E-state index is 0.0991. The molecule has 0 fully saturated rings. The number of fused-ring (bicyclic) bond motifs is 1. The van der Waals surface area contributed by atoms with Crippen molar-refractivity contribution in [3.63, 3.8) is 0 Å². The maximum absolute atomic E-state index is 12.5. The lowest BCUT2D eigenvalue weighted by Crippen LogP contribution is -2.19. The van der Waals surface area contributed by atoms with Crippen molar-refractivity contribution in [2.75, 3.05) is 7.11 Å². The number of nitrogens with one attached hydrogen (secondary N) is 1. The van der Waals surface area contributed by atoms with Crippen molar-refractivity contribution in [3.8, 4) is 5.75 Å². The average molecular weight is 321 g/mol. The van der Waals surface area contributed by atoms with E-state index in [9.17, 15) is 9.59 Å². The van der Waals surface area contributed by atoms with Crippen LogP contribution in [0.4, 0.5) is 0 Å². The van der Waals surface area contributed by atoms with E-state index in [0.29, 0.717) is 16.6 Å². The Morgan fingerprint density at radius 1 is 1.25 bits per heavy atom. The van der Waals surface area contributed by atoms with E-state index in [-0.39, 0.29) is 11.3 Å². The van der Waals surface area contributed by atoms with Gasteiger partial charge in [-0.05, 0) is 36.3 Å². The molecule has 0 unspecified atom stereocenters. The lowest BCUT2D eigenvalue weighted by atomic mass is 10.0. The molecule has 0 aliphatic heterocycles. The molecular formula is C18H15N3O3. The van der Waals surface area contributed by atoms with Gasteiger partial charge in [-0.2, -0.15) is 0 Å². The summed E-state index contributed by atoms with van der Waals surface area (Å²) in [5.41, 5.74) is 1.47. The summed E-state index contributed by atoms with van der Waals surface area (Å²) in [6, 6.07) is 7.26. The van der Waals surface area contributed by atoms with Gasteiger partial charge in [-0.3, -0.25) is 9.59 Å². The number of allylic oxidation sites excluding steroid dienone is 1. The Labute approximate surface area is 137 Å². The van der Waals surface area contributed by atoms with Gasteiger partial charge in [-0.15, -0.1) is 0 Å². The Kier molecular flexibility index (Phi) is 4.20. The van der Waals surface area contributed by atoms with Gasteiger partial charge in [0.15, 0.2) is 5.78 Å². The summed E-state index contributed by atoms with van der Waals surface area (Å²) in [6.45, 7) is 1.72. The van der Waals surface area contributed by atoms with Crippen LogP contribution in [0, 0.1) is 6.92 Å². The second kappa shape index (κ2) is 6.45. The summed E-state index contributed by atoms with van der Waals surface area (Å²) in [5.74, 6) is 0.371. The normalized spacial score (nSPS) is 11.1. The molecule has 0 aliphatic carbocycles. The largest absolute Gasteiger partial charge is 0.497 e. The minimum atomic E-state index is -0.455. The van der Waals surface area contributed by atoms with E-state index in [1.165, 1.54) is 12.4 Å². The highest BCUT2D eigenvalue weighted by atomic mass is 16.5. The summed E-state index contributed by atoms with van der Waals surface area (Å²) in [4.78, 5) is 35.2. The molecule has 6 nitrogen and oxygen atoms in total. The molecule has 0 saturated heterocycles. The fourth-order valence-corrected chi connectivity index (χ4v) is 2.45. The fourth-order valence-electron chi connectivity index (χ4n) is 2.45. The molecule has 0 saturated carbocycles. The number of aromatic nitrogens is 3. The molecule has 0 spiro atoms. The first-order valence-corrected chi connectivity index (χ1v) is 7.29. The van der Waals surface area contributed by atoms with Crippen LogP contribution in [0.5, 0.6) is 5.75 Å². The number of carbonyl (C=O) groups is 1. The van der Waals surface area contributed by atoms with Gasteiger partial charge >= 0.3 is 0 Å². The van der Waals surface area contributed by atoms with Gasteiger partial charge < -0.3 is 9.72 Å². The van der Waals surface area contributed by atoms with Gasteiger partial charge in [0.2, 0.25) is 0 Å². The topological polar surface area (TPSA) is 84.9 Å². The summed E-state index contributed by atoms with van der Waals surface area (Å²) < 4.78 is 5.09. The smallest absolute Gasteiger partial charge is 0.261 e. The van der Waals surface area contributed by atoms with E-state index in [4.69, 9.17) is 4.74 Å². The van der Waals surface area contributed by atoms with Crippen LogP contribution in [-0.2, 0) is 0 Å². The standard InChI is InChI=1S/C18H15N3O3/c1-11-14-9-19-10-20-17(14)21-18(23)16(11)15(22)8-5-12-3-6-13(24-2)7-4-12/h3-10H,1-2H3,(H,19,20,21,23)/b8-5+. The molecule has 0 amide bonds. The number of aromatic amines is 1. The van der Waals surface area contributed by atoms with Crippen molar-refractivity contribution < 1.29 is 9.53 Å². The van der Waals surface area contributed by atoms with Crippen LogP contribution < -0.4 is 10.3 Å². The lowest BCUT2D eigenvalue weighted by Gasteiger charge is -2.05. The average Bonchev–Trinajstić information content (AvgIpc) is 2.60. The van der Waals surface area contributed by atoms with E-state index < -0.39 is 5.56 Å². The molecule has 3 aromatic rings. The van der Waals surface area contributed by atoms with Gasteiger partial charge in [0.05, 0.1) is 12.7 Å². The molecule has 6 heteroatoms. The number of rotatable bonds is 4. The van der Waals surface area contributed by atoms with Crippen LogP contribution in [0.3, 0.4) is 0 Å². The zero-order valence-corrected chi connectivity index (χ0v) is 13.2. The molecular weight excluding hydrogens is 306 g/mol. The molecule has 1 N–H and O–H groups in total. The Morgan fingerprint density at radius 3 is 2.71 bits per heavy atom. The maximum Gasteiger partial charge on any atom is 0.261 e. The molecule has 0 atom stereocenters. The molecule has 2 aromatic heterocycles. The molecule has 3 rings (SSSR count). The van der Waals surface area contributed by atoms with Crippen molar-refractivity contribution in [2.24, 2.45) is 0 Å². The minimum Gasteiger partial charge on any atom is -0.497 e. The fraction of sp³-hybridized carbons (Fsp3) is 0.111. The van der Waals surface area contributed by atoms with Crippen LogP contribution in [0.25, 0.3) is 17.1 Å². The zero-order chi connectivity index (χ0) is 17.1. The first kappa shape index (κ1) is 15.6. The van der Waals surface area contributed by atoms with Gasteiger partial charge in [0.25, 0.3) is 5.56 Å². The van der Waals surface area contributed by atoms with Gasteiger partial charge in [-0.25, -0.2) is 9.97 Å². The molecule has 24 heavy (non-hydrogen) atoms. The molecule has 0 radical (unpaired) electrons. The first-order valence-electron chi connectivity index (χ1n) is 7.29. The second-order valence-corrected chi connectivity index (χ2v) is 5.21. The molecule has 120 valence electrons. The highest BCUT2D eigenvalue weighted by molar-refractivity contribution is 6.09. The first-order chi connectivity index (χ1) is 11.6. The number of carbonyl (C=O) groups excluding carboxylic acids is 1. The molecule has 0 bridgehead atoms. The van der Waals surface area contributed by atoms with E-state index in [0.717, 1.165) is 11.3 Å². The number of pyridine rings is 1. The summed E-state index contributed by atoms with van der Waals surface area (Å²) in [7, 11) is 1.59. The van der Waals surface area contributed by atoms with Crippen molar-refractivity contribution in [1.82, 2.24) is 15.0 Å². The van der Waals surface area contributed by atoms with Gasteiger partial charge in [-0.1, -0.05) is 18.2 Å². The van der Waals surface area contributed by atoms with Crippen molar-refractivity contribution in [2.45, 2.75) is 6.92 Å². The predicted molar refractivity (Wildman–Crippen MR) is 91.3 cm³/mol. The van der Waals surface area contributed by atoms with Crippen LogP contribution in [0.15, 0.2) is 47.7 Å².